The van der Waals surface area contributed by atoms with E-state index in [1.807, 2.05) is 49.9 Å². The number of carbonyl (C=O) groups is 1. The molecule has 1 fully saturated rings. The Morgan fingerprint density at radius 2 is 1.67 bits per heavy atom. The molecule has 0 atom stereocenters. The highest BCUT2D eigenvalue weighted by atomic mass is 35.5. The largest absolute Gasteiger partial charge is 0.444 e. The first-order valence-corrected chi connectivity index (χ1v) is 12.4. The second-order valence-corrected chi connectivity index (χ2v) is 10.5. The molecule has 1 amide bonds. The molecule has 6 nitrogen and oxygen atoms in total. The number of ether oxygens (including phenoxy) is 1. The van der Waals surface area contributed by atoms with Crippen LogP contribution in [0.3, 0.4) is 0 Å². The van der Waals surface area contributed by atoms with Gasteiger partial charge in [0.15, 0.2) is 5.82 Å². The standard InChI is InChI=1S/C27H25Cl2FN4O2/c1-27(2,3)36-26(35)34-14-12-33(13-15-34)20-11-10-18-24(31-20)22(30)23(32-25(18)29)17-8-4-6-16-7-5-9-19(28)21(16)17/h4-11H,12-15H2,1-3H3. The van der Waals surface area contributed by atoms with Crippen molar-refractivity contribution in [2.75, 3.05) is 31.1 Å². The summed E-state index contributed by atoms with van der Waals surface area (Å²) in [6, 6.07) is 14.6. The van der Waals surface area contributed by atoms with E-state index in [4.69, 9.17) is 27.9 Å². The normalized spacial score (nSPS) is 14.5. The zero-order chi connectivity index (χ0) is 25.6. The number of amides is 1. The minimum Gasteiger partial charge on any atom is -0.444 e. The van der Waals surface area contributed by atoms with Crippen LogP contribution in [0.5, 0.6) is 0 Å². The summed E-state index contributed by atoms with van der Waals surface area (Å²) < 4.78 is 21.4. The molecule has 0 unspecified atom stereocenters. The van der Waals surface area contributed by atoms with E-state index in [0.717, 1.165) is 5.39 Å². The zero-order valence-electron chi connectivity index (χ0n) is 20.2. The smallest absolute Gasteiger partial charge is 0.410 e. The van der Waals surface area contributed by atoms with Crippen LogP contribution in [0.4, 0.5) is 15.0 Å². The molecule has 1 aliphatic heterocycles. The Hall–Kier alpha value is -3.16. The molecule has 0 aliphatic carbocycles. The number of hydrogen-bond donors (Lipinski definition) is 0. The molecule has 186 valence electrons. The summed E-state index contributed by atoms with van der Waals surface area (Å²) in [5.74, 6) is 0.0467. The first-order chi connectivity index (χ1) is 17.1. The third-order valence-electron chi connectivity index (χ3n) is 6.09. The van der Waals surface area contributed by atoms with Crippen LogP contribution < -0.4 is 4.90 Å². The number of pyridine rings is 2. The molecule has 36 heavy (non-hydrogen) atoms. The lowest BCUT2D eigenvalue weighted by atomic mass is 10.0. The van der Waals surface area contributed by atoms with Gasteiger partial charge in [0.1, 0.15) is 27.8 Å². The Balaban J connectivity index is 1.49. The number of fused-ring (bicyclic) bond motifs is 2. The number of benzene rings is 2. The fourth-order valence-electron chi connectivity index (χ4n) is 4.39. The number of halogens is 3. The number of anilines is 1. The van der Waals surface area contributed by atoms with Crippen molar-refractivity contribution in [3.8, 4) is 11.3 Å². The lowest BCUT2D eigenvalue weighted by Crippen LogP contribution is -2.50. The second kappa shape index (κ2) is 9.37. The third kappa shape index (κ3) is 4.65. The predicted octanol–water partition coefficient (Wildman–Crippen LogP) is 6.95. The molecular weight excluding hydrogens is 502 g/mol. The molecule has 9 heteroatoms. The summed E-state index contributed by atoms with van der Waals surface area (Å²) in [7, 11) is 0. The first-order valence-electron chi connectivity index (χ1n) is 11.7. The van der Waals surface area contributed by atoms with Gasteiger partial charge in [0, 0.05) is 47.5 Å². The van der Waals surface area contributed by atoms with Crippen LogP contribution in [0.15, 0.2) is 48.5 Å². The van der Waals surface area contributed by atoms with Crippen molar-refractivity contribution in [2.24, 2.45) is 0 Å². The van der Waals surface area contributed by atoms with E-state index in [1.165, 1.54) is 0 Å². The Bertz CT molecular complexity index is 1480. The van der Waals surface area contributed by atoms with Crippen molar-refractivity contribution in [2.45, 2.75) is 26.4 Å². The number of piperazine rings is 1. The van der Waals surface area contributed by atoms with Crippen LogP contribution in [0, 0.1) is 5.82 Å². The maximum absolute atomic E-state index is 16.0. The second-order valence-electron chi connectivity index (χ2n) is 9.73. The molecule has 0 radical (unpaired) electrons. The lowest BCUT2D eigenvalue weighted by Gasteiger charge is -2.36. The van der Waals surface area contributed by atoms with E-state index >= 15 is 4.39 Å². The maximum atomic E-state index is 16.0. The van der Waals surface area contributed by atoms with Gasteiger partial charge in [-0.2, -0.15) is 0 Å². The van der Waals surface area contributed by atoms with Gasteiger partial charge in [0.2, 0.25) is 0 Å². The molecule has 0 bridgehead atoms. The van der Waals surface area contributed by atoms with Crippen molar-refractivity contribution in [3.05, 3.63) is 64.5 Å². The van der Waals surface area contributed by atoms with Gasteiger partial charge >= 0.3 is 6.09 Å². The van der Waals surface area contributed by atoms with Crippen LogP contribution in [0.2, 0.25) is 10.2 Å². The Morgan fingerprint density at radius 1 is 0.972 bits per heavy atom. The summed E-state index contributed by atoms with van der Waals surface area (Å²) in [5, 5.41) is 2.68. The van der Waals surface area contributed by atoms with Crippen molar-refractivity contribution >= 4 is 56.8 Å². The van der Waals surface area contributed by atoms with E-state index in [-0.39, 0.29) is 22.5 Å². The summed E-state index contributed by atoms with van der Waals surface area (Å²) >= 11 is 13.0. The number of rotatable bonds is 2. The van der Waals surface area contributed by atoms with Gasteiger partial charge in [-0.15, -0.1) is 0 Å². The summed E-state index contributed by atoms with van der Waals surface area (Å²) in [4.78, 5) is 25.1. The molecule has 0 N–H and O–H groups in total. The molecule has 2 aromatic heterocycles. The topological polar surface area (TPSA) is 58.6 Å². The first kappa shape index (κ1) is 24.5. The van der Waals surface area contributed by atoms with Gasteiger partial charge in [-0.05, 0) is 44.4 Å². The maximum Gasteiger partial charge on any atom is 0.410 e. The van der Waals surface area contributed by atoms with E-state index in [9.17, 15) is 4.79 Å². The van der Waals surface area contributed by atoms with Crippen LogP contribution in [-0.4, -0.2) is 52.7 Å². The minimum atomic E-state index is -0.559. The highest BCUT2D eigenvalue weighted by molar-refractivity contribution is 6.37. The predicted molar refractivity (Wildman–Crippen MR) is 142 cm³/mol. The highest BCUT2D eigenvalue weighted by Gasteiger charge is 2.27. The molecule has 3 heterocycles. The van der Waals surface area contributed by atoms with E-state index in [0.29, 0.717) is 53.4 Å². The molecule has 0 saturated carbocycles. The quantitative estimate of drug-likeness (QED) is 0.264. The Morgan fingerprint density at radius 3 is 2.36 bits per heavy atom. The van der Waals surface area contributed by atoms with E-state index in [2.05, 4.69) is 9.97 Å². The van der Waals surface area contributed by atoms with Gasteiger partial charge in [0.25, 0.3) is 0 Å². The fourth-order valence-corrected chi connectivity index (χ4v) is 4.91. The zero-order valence-corrected chi connectivity index (χ0v) is 21.7. The molecule has 5 rings (SSSR count). The monoisotopic (exact) mass is 526 g/mol. The lowest BCUT2D eigenvalue weighted by molar-refractivity contribution is 0.0240. The van der Waals surface area contributed by atoms with Crippen molar-refractivity contribution in [3.63, 3.8) is 0 Å². The molecule has 1 saturated heterocycles. The number of aromatic nitrogens is 2. The molecule has 1 aliphatic rings. The van der Waals surface area contributed by atoms with Crippen LogP contribution in [-0.2, 0) is 4.74 Å². The fraction of sp³-hybridized carbons (Fsp3) is 0.296. The number of carbonyl (C=O) groups excluding carboxylic acids is 1. The number of nitrogens with zero attached hydrogens (tertiary/aromatic N) is 4. The van der Waals surface area contributed by atoms with Gasteiger partial charge in [-0.3, -0.25) is 0 Å². The van der Waals surface area contributed by atoms with Gasteiger partial charge in [-0.1, -0.05) is 53.5 Å². The van der Waals surface area contributed by atoms with Crippen LogP contribution >= 0.6 is 23.2 Å². The average molecular weight is 527 g/mol. The molecule has 0 spiro atoms. The average Bonchev–Trinajstić information content (AvgIpc) is 2.85. The molecule has 2 aromatic carbocycles. The van der Waals surface area contributed by atoms with E-state index < -0.39 is 11.4 Å². The van der Waals surface area contributed by atoms with Gasteiger partial charge in [0.05, 0.1) is 0 Å². The molecular formula is C27H25Cl2FN4O2. The Labute approximate surface area is 218 Å². The van der Waals surface area contributed by atoms with Gasteiger partial charge < -0.3 is 14.5 Å². The number of hydrogen-bond acceptors (Lipinski definition) is 5. The van der Waals surface area contributed by atoms with Crippen molar-refractivity contribution in [1.29, 1.82) is 0 Å². The summed E-state index contributed by atoms with van der Waals surface area (Å²) in [6.45, 7) is 7.58. The third-order valence-corrected chi connectivity index (χ3v) is 6.70. The van der Waals surface area contributed by atoms with Crippen molar-refractivity contribution < 1.29 is 13.9 Å². The Kier molecular flexibility index (Phi) is 6.39. The van der Waals surface area contributed by atoms with E-state index in [1.54, 1.807) is 29.2 Å². The molecule has 4 aromatic rings. The highest BCUT2D eigenvalue weighted by Crippen LogP contribution is 2.37. The van der Waals surface area contributed by atoms with Gasteiger partial charge in [-0.25, -0.2) is 19.2 Å². The van der Waals surface area contributed by atoms with Crippen LogP contribution in [0.1, 0.15) is 20.8 Å². The summed E-state index contributed by atoms with van der Waals surface area (Å²) in [6.07, 6.45) is -0.337. The minimum absolute atomic E-state index is 0.102. The SMILES string of the molecule is CC(C)(C)OC(=O)N1CCN(c2ccc3c(Cl)nc(-c4cccc5cccc(Cl)c45)c(F)c3n2)CC1. The van der Waals surface area contributed by atoms with Crippen LogP contribution in [0.25, 0.3) is 32.9 Å². The van der Waals surface area contributed by atoms with Crippen molar-refractivity contribution in [1.82, 2.24) is 14.9 Å². The summed E-state index contributed by atoms with van der Waals surface area (Å²) in [5.41, 5.74) is 0.245.